The molecule has 0 aromatic carbocycles. The predicted octanol–water partition coefficient (Wildman–Crippen LogP) is 2.87. The second kappa shape index (κ2) is 4.14. The van der Waals surface area contributed by atoms with Crippen LogP contribution in [0.5, 0.6) is 0 Å². The first kappa shape index (κ1) is 10.4. The summed E-state index contributed by atoms with van der Waals surface area (Å²) in [5.41, 5.74) is 1.02. The maximum Gasteiger partial charge on any atom is 0.126 e. The van der Waals surface area contributed by atoms with E-state index in [-0.39, 0.29) is 0 Å². The van der Waals surface area contributed by atoms with Crippen LogP contribution in [0, 0.1) is 0 Å². The molecular weight excluding hydrogens is 206 g/mol. The Hall–Kier alpha value is -1.16. The Bertz CT molecular complexity index is 482. The Morgan fingerprint density at radius 1 is 1.20 bits per heavy atom. The average molecular weight is 219 g/mol. The zero-order valence-electron chi connectivity index (χ0n) is 9.06. The Kier molecular flexibility index (Phi) is 2.86. The normalized spacial score (nSPS) is 11.2. The molecule has 0 fully saturated rings. The molecule has 0 spiro atoms. The molecule has 0 unspecified atom stereocenters. The number of rotatable bonds is 2. The van der Waals surface area contributed by atoms with Gasteiger partial charge in [0.1, 0.15) is 5.03 Å². The summed E-state index contributed by atoms with van der Waals surface area (Å²) in [6.07, 6.45) is 5.69. The Morgan fingerprint density at radius 3 is 2.67 bits per heavy atom. The van der Waals surface area contributed by atoms with Gasteiger partial charge in [-0.3, -0.25) is 4.98 Å². The van der Waals surface area contributed by atoms with E-state index in [1.165, 1.54) is 0 Å². The molecule has 2 aromatic rings. The third-order valence-corrected chi connectivity index (χ3v) is 3.00. The molecule has 0 N–H and O–H groups in total. The van der Waals surface area contributed by atoms with Gasteiger partial charge in [0.15, 0.2) is 0 Å². The van der Waals surface area contributed by atoms with Crippen molar-refractivity contribution >= 4 is 22.5 Å². The van der Waals surface area contributed by atoms with E-state index in [1.54, 1.807) is 18.0 Å². The van der Waals surface area contributed by atoms with Crippen LogP contribution in [0.4, 0.5) is 0 Å². The zero-order valence-corrected chi connectivity index (χ0v) is 9.88. The minimum absolute atomic E-state index is 0.375. The van der Waals surface area contributed by atoms with Gasteiger partial charge in [-0.25, -0.2) is 0 Å². The van der Waals surface area contributed by atoms with E-state index in [1.807, 2.05) is 18.5 Å². The number of hydrogen-bond donors (Lipinski definition) is 0. The molecule has 0 radical (unpaired) electrons. The molecule has 4 heteroatoms. The molecule has 0 aliphatic rings. The molecule has 0 aliphatic carbocycles. The van der Waals surface area contributed by atoms with Crippen LogP contribution in [0.3, 0.4) is 0 Å². The summed E-state index contributed by atoms with van der Waals surface area (Å²) in [5, 5.41) is 11.7. The number of nitrogens with zero attached hydrogens (tertiary/aromatic N) is 3. The van der Waals surface area contributed by atoms with Gasteiger partial charge < -0.3 is 0 Å². The van der Waals surface area contributed by atoms with E-state index in [2.05, 4.69) is 29.0 Å². The van der Waals surface area contributed by atoms with Crippen molar-refractivity contribution in [3.63, 3.8) is 0 Å². The lowest BCUT2D eigenvalue weighted by Gasteiger charge is -2.09. The minimum Gasteiger partial charge on any atom is -0.264 e. The van der Waals surface area contributed by atoms with Crippen LogP contribution >= 0.6 is 11.8 Å². The first-order valence-corrected chi connectivity index (χ1v) is 6.10. The Balaban J connectivity index is 2.77. The van der Waals surface area contributed by atoms with Crippen molar-refractivity contribution in [3.05, 3.63) is 24.2 Å². The topological polar surface area (TPSA) is 38.7 Å². The molecule has 0 amide bonds. The summed E-state index contributed by atoms with van der Waals surface area (Å²) in [4.78, 5) is 4.15. The van der Waals surface area contributed by atoms with Crippen LogP contribution in [0.2, 0.25) is 0 Å². The number of thioether (sulfide) groups is 1. The van der Waals surface area contributed by atoms with E-state index in [4.69, 9.17) is 0 Å². The number of hydrogen-bond acceptors (Lipinski definition) is 4. The monoisotopic (exact) mass is 219 g/mol. The van der Waals surface area contributed by atoms with Gasteiger partial charge in [-0.2, -0.15) is 5.10 Å². The highest BCUT2D eigenvalue weighted by atomic mass is 32.2. The summed E-state index contributed by atoms with van der Waals surface area (Å²) in [7, 11) is 0. The Labute approximate surface area is 93.3 Å². The average Bonchev–Trinajstić information content (AvgIpc) is 2.27. The number of aromatic nitrogens is 3. The van der Waals surface area contributed by atoms with E-state index >= 15 is 0 Å². The summed E-state index contributed by atoms with van der Waals surface area (Å²) in [6, 6.07) is 2.00. The largest absolute Gasteiger partial charge is 0.264 e. The van der Waals surface area contributed by atoms with E-state index in [0.717, 1.165) is 21.5 Å². The van der Waals surface area contributed by atoms with Crippen LogP contribution in [0.25, 0.3) is 10.8 Å². The van der Waals surface area contributed by atoms with Gasteiger partial charge in [-0.1, -0.05) is 13.8 Å². The molecule has 2 aromatic heterocycles. The first-order chi connectivity index (χ1) is 7.24. The second-order valence-electron chi connectivity index (χ2n) is 3.67. The highest BCUT2D eigenvalue weighted by Gasteiger charge is 2.10. The fourth-order valence-corrected chi connectivity index (χ4v) is 2.09. The molecule has 3 nitrogen and oxygen atoms in total. The van der Waals surface area contributed by atoms with Gasteiger partial charge in [-0.05, 0) is 18.2 Å². The molecule has 0 atom stereocenters. The van der Waals surface area contributed by atoms with Crippen molar-refractivity contribution in [3.8, 4) is 0 Å². The van der Waals surface area contributed by atoms with Crippen LogP contribution in [0.15, 0.2) is 23.5 Å². The minimum atomic E-state index is 0.375. The highest BCUT2D eigenvalue weighted by molar-refractivity contribution is 7.98. The summed E-state index contributed by atoms with van der Waals surface area (Å²) >= 11 is 1.62. The molecule has 78 valence electrons. The predicted molar refractivity (Wildman–Crippen MR) is 63.2 cm³/mol. The summed E-state index contributed by atoms with van der Waals surface area (Å²) in [5.74, 6) is 0.375. The van der Waals surface area contributed by atoms with Gasteiger partial charge in [0, 0.05) is 23.2 Å². The third kappa shape index (κ3) is 1.81. The molecule has 15 heavy (non-hydrogen) atoms. The van der Waals surface area contributed by atoms with Crippen molar-refractivity contribution in [2.75, 3.05) is 6.26 Å². The summed E-state index contributed by atoms with van der Waals surface area (Å²) in [6.45, 7) is 4.24. The quantitative estimate of drug-likeness (QED) is 0.728. The van der Waals surface area contributed by atoms with Crippen LogP contribution in [0.1, 0.15) is 25.5 Å². The third-order valence-electron chi connectivity index (χ3n) is 2.32. The van der Waals surface area contributed by atoms with E-state index < -0.39 is 0 Å². The molecule has 0 aliphatic heterocycles. The van der Waals surface area contributed by atoms with Crippen molar-refractivity contribution in [2.24, 2.45) is 0 Å². The molecule has 2 rings (SSSR count). The second-order valence-corrected chi connectivity index (χ2v) is 4.47. The van der Waals surface area contributed by atoms with Gasteiger partial charge in [-0.15, -0.1) is 16.9 Å². The maximum atomic E-state index is 4.27. The molecule has 0 saturated heterocycles. The van der Waals surface area contributed by atoms with Crippen LogP contribution in [-0.4, -0.2) is 21.4 Å². The number of pyridine rings is 1. The highest BCUT2D eigenvalue weighted by Crippen LogP contribution is 2.27. The van der Waals surface area contributed by atoms with Crippen molar-refractivity contribution in [2.45, 2.75) is 24.8 Å². The van der Waals surface area contributed by atoms with Gasteiger partial charge in [0.2, 0.25) is 0 Å². The fourth-order valence-electron chi connectivity index (χ4n) is 1.57. The maximum absolute atomic E-state index is 4.27. The molecule has 0 saturated carbocycles. The van der Waals surface area contributed by atoms with Crippen molar-refractivity contribution in [1.82, 2.24) is 15.2 Å². The zero-order chi connectivity index (χ0) is 10.8. The van der Waals surface area contributed by atoms with Gasteiger partial charge in [0.25, 0.3) is 0 Å². The lowest BCUT2D eigenvalue weighted by Crippen LogP contribution is -1.99. The van der Waals surface area contributed by atoms with E-state index in [0.29, 0.717) is 5.92 Å². The fraction of sp³-hybridized carbons (Fsp3) is 0.364. The SMILES string of the molecule is CSc1nnc(C(C)C)c2cnccc12. The lowest BCUT2D eigenvalue weighted by molar-refractivity contribution is 0.780. The van der Waals surface area contributed by atoms with Gasteiger partial charge >= 0.3 is 0 Å². The number of fused-ring (bicyclic) bond motifs is 1. The van der Waals surface area contributed by atoms with Crippen molar-refractivity contribution < 1.29 is 0 Å². The van der Waals surface area contributed by atoms with E-state index in [9.17, 15) is 0 Å². The summed E-state index contributed by atoms with van der Waals surface area (Å²) < 4.78 is 0. The smallest absolute Gasteiger partial charge is 0.126 e. The van der Waals surface area contributed by atoms with Crippen LogP contribution in [-0.2, 0) is 0 Å². The molecule has 0 bridgehead atoms. The van der Waals surface area contributed by atoms with Crippen molar-refractivity contribution in [1.29, 1.82) is 0 Å². The van der Waals surface area contributed by atoms with Crippen LogP contribution < -0.4 is 0 Å². The molecular formula is C11H13N3S. The molecule has 2 heterocycles. The Morgan fingerprint density at radius 2 is 2.00 bits per heavy atom. The lowest BCUT2D eigenvalue weighted by atomic mass is 10.1. The van der Waals surface area contributed by atoms with Gasteiger partial charge in [0.05, 0.1) is 5.69 Å². The standard InChI is InChI=1S/C11H13N3S/c1-7(2)10-9-6-12-5-4-8(9)11(15-3)14-13-10/h4-7H,1-3H3. The first-order valence-electron chi connectivity index (χ1n) is 4.88.